The molecule has 3 heteroatoms. The van der Waals surface area contributed by atoms with E-state index in [1.807, 2.05) is 19.1 Å². The van der Waals surface area contributed by atoms with E-state index in [9.17, 15) is 4.79 Å². The zero-order valence-corrected chi connectivity index (χ0v) is 7.49. The zero-order chi connectivity index (χ0) is 8.27. The second-order valence-corrected chi connectivity index (χ2v) is 3.65. The van der Waals surface area contributed by atoms with Crippen LogP contribution in [0.2, 0.25) is 0 Å². The molecule has 0 radical (unpaired) electrons. The van der Waals surface area contributed by atoms with Gasteiger partial charge in [0.2, 0.25) is 0 Å². The van der Waals surface area contributed by atoms with Crippen LogP contribution in [0.5, 0.6) is 0 Å². The first-order valence-electron chi connectivity index (χ1n) is 3.48. The van der Waals surface area contributed by atoms with Crippen molar-refractivity contribution in [1.29, 1.82) is 0 Å². The number of likely N-dealkylation sites (N-methyl/N-ethyl adjacent to an activating group) is 1. The molecule has 0 aromatic carbocycles. The van der Waals surface area contributed by atoms with Crippen LogP contribution in [0.3, 0.4) is 0 Å². The molecule has 0 aliphatic rings. The van der Waals surface area contributed by atoms with Crippen LogP contribution >= 0.6 is 11.3 Å². The summed E-state index contributed by atoms with van der Waals surface area (Å²) < 4.78 is 0. The molecule has 0 saturated heterocycles. The van der Waals surface area contributed by atoms with Gasteiger partial charge >= 0.3 is 0 Å². The topological polar surface area (TPSA) is 29.1 Å². The van der Waals surface area contributed by atoms with Crippen LogP contribution < -0.4 is 5.32 Å². The fraction of sp³-hybridized carbons (Fsp3) is 0.375. The fourth-order valence-electron chi connectivity index (χ4n) is 0.832. The van der Waals surface area contributed by atoms with Gasteiger partial charge in [0, 0.05) is 4.88 Å². The van der Waals surface area contributed by atoms with Gasteiger partial charge in [0.05, 0.1) is 11.4 Å². The maximum Gasteiger partial charge on any atom is 0.186 e. The van der Waals surface area contributed by atoms with Crippen molar-refractivity contribution >= 4 is 17.1 Å². The van der Waals surface area contributed by atoms with Crippen molar-refractivity contribution in [2.24, 2.45) is 0 Å². The number of carbonyl (C=O) groups is 1. The van der Waals surface area contributed by atoms with Crippen molar-refractivity contribution in [2.45, 2.75) is 6.92 Å². The Kier molecular flexibility index (Phi) is 2.79. The van der Waals surface area contributed by atoms with Crippen LogP contribution in [-0.4, -0.2) is 19.4 Å². The molecule has 0 bridgehead atoms. The number of rotatable bonds is 3. The molecule has 0 saturated carbocycles. The van der Waals surface area contributed by atoms with E-state index in [1.165, 1.54) is 4.88 Å². The quantitative estimate of drug-likeness (QED) is 0.694. The molecule has 1 heterocycles. The average Bonchev–Trinajstić information content (AvgIpc) is 2.36. The van der Waals surface area contributed by atoms with Gasteiger partial charge in [-0.2, -0.15) is 0 Å². The molecule has 1 aromatic rings. The lowest BCUT2D eigenvalue weighted by Crippen LogP contribution is -2.17. The number of carbonyl (C=O) groups excluding carboxylic acids is 1. The molecule has 1 aromatic heterocycles. The first-order chi connectivity index (χ1) is 5.24. The van der Waals surface area contributed by atoms with Crippen LogP contribution in [-0.2, 0) is 0 Å². The van der Waals surface area contributed by atoms with Crippen molar-refractivity contribution in [2.75, 3.05) is 13.6 Å². The lowest BCUT2D eigenvalue weighted by atomic mass is 10.3. The summed E-state index contributed by atoms with van der Waals surface area (Å²) in [6.07, 6.45) is 0. The van der Waals surface area contributed by atoms with E-state index in [2.05, 4.69) is 5.32 Å². The summed E-state index contributed by atoms with van der Waals surface area (Å²) in [6.45, 7) is 2.43. The molecule has 0 amide bonds. The Morgan fingerprint density at radius 2 is 2.36 bits per heavy atom. The molecule has 0 aliphatic carbocycles. The molecule has 1 N–H and O–H groups in total. The first-order valence-corrected chi connectivity index (χ1v) is 4.30. The number of nitrogens with one attached hydrogen (secondary N) is 1. The number of Topliss-reactive ketones (excluding diaryl/α,β-unsaturated/α-hetero) is 1. The number of thiophene rings is 1. The van der Waals surface area contributed by atoms with Gasteiger partial charge in [-0.05, 0) is 26.1 Å². The number of hydrogen-bond donors (Lipinski definition) is 1. The van der Waals surface area contributed by atoms with Gasteiger partial charge in [-0.1, -0.05) is 0 Å². The molecule has 60 valence electrons. The van der Waals surface area contributed by atoms with E-state index in [4.69, 9.17) is 0 Å². The highest BCUT2D eigenvalue weighted by Crippen LogP contribution is 2.14. The largest absolute Gasteiger partial charge is 0.313 e. The normalized spacial score (nSPS) is 10.0. The maximum absolute atomic E-state index is 11.2. The van der Waals surface area contributed by atoms with Crippen molar-refractivity contribution in [3.63, 3.8) is 0 Å². The highest BCUT2D eigenvalue weighted by Gasteiger charge is 2.05. The van der Waals surface area contributed by atoms with Crippen molar-refractivity contribution < 1.29 is 4.79 Å². The summed E-state index contributed by atoms with van der Waals surface area (Å²) in [4.78, 5) is 13.2. The molecule has 11 heavy (non-hydrogen) atoms. The summed E-state index contributed by atoms with van der Waals surface area (Å²) in [5.41, 5.74) is 0. The maximum atomic E-state index is 11.2. The van der Waals surface area contributed by atoms with Gasteiger partial charge in [-0.25, -0.2) is 0 Å². The Morgan fingerprint density at radius 3 is 2.82 bits per heavy atom. The van der Waals surface area contributed by atoms with E-state index >= 15 is 0 Å². The second kappa shape index (κ2) is 3.64. The summed E-state index contributed by atoms with van der Waals surface area (Å²) in [7, 11) is 1.78. The molecule has 1 rings (SSSR count). The third-order valence-electron chi connectivity index (χ3n) is 1.35. The van der Waals surface area contributed by atoms with Crippen LogP contribution in [0.15, 0.2) is 12.1 Å². The molecule has 0 aliphatic heterocycles. The van der Waals surface area contributed by atoms with Gasteiger partial charge in [0.25, 0.3) is 0 Å². The smallest absolute Gasteiger partial charge is 0.186 e. The lowest BCUT2D eigenvalue weighted by molar-refractivity contribution is 0.0997. The summed E-state index contributed by atoms with van der Waals surface area (Å²) in [5, 5.41) is 2.83. The second-order valence-electron chi connectivity index (χ2n) is 2.36. The summed E-state index contributed by atoms with van der Waals surface area (Å²) >= 11 is 1.55. The van der Waals surface area contributed by atoms with Gasteiger partial charge in [0.1, 0.15) is 0 Å². The van der Waals surface area contributed by atoms with Crippen molar-refractivity contribution in [3.8, 4) is 0 Å². The lowest BCUT2D eigenvalue weighted by Gasteiger charge is -1.93. The fourth-order valence-corrected chi connectivity index (χ4v) is 1.64. The van der Waals surface area contributed by atoms with Crippen molar-refractivity contribution in [3.05, 3.63) is 21.9 Å². The van der Waals surface area contributed by atoms with Gasteiger partial charge in [0.15, 0.2) is 5.78 Å². The van der Waals surface area contributed by atoms with Gasteiger partial charge in [-0.15, -0.1) is 11.3 Å². The Morgan fingerprint density at radius 1 is 1.64 bits per heavy atom. The van der Waals surface area contributed by atoms with E-state index < -0.39 is 0 Å². The molecule has 2 nitrogen and oxygen atoms in total. The number of hydrogen-bond acceptors (Lipinski definition) is 3. The Hall–Kier alpha value is -0.670. The van der Waals surface area contributed by atoms with Gasteiger partial charge < -0.3 is 5.32 Å². The SMILES string of the molecule is CNCC(=O)c1ccc(C)s1. The predicted octanol–water partition coefficient (Wildman–Crippen LogP) is 1.46. The molecule has 0 fully saturated rings. The van der Waals surface area contributed by atoms with E-state index in [-0.39, 0.29) is 5.78 Å². The van der Waals surface area contributed by atoms with Crippen LogP contribution in [0.25, 0.3) is 0 Å². The summed E-state index contributed by atoms with van der Waals surface area (Å²) in [5.74, 6) is 0.172. The molecule has 0 spiro atoms. The monoisotopic (exact) mass is 169 g/mol. The zero-order valence-electron chi connectivity index (χ0n) is 6.68. The summed E-state index contributed by atoms with van der Waals surface area (Å²) in [6, 6.07) is 3.84. The first kappa shape index (κ1) is 8.43. The highest BCUT2D eigenvalue weighted by atomic mass is 32.1. The minimum atomic E-state index is 0.172. The van der Waals surface area contributed by atoms with Crippen LogP contribution in [0, 0.1) is 6.92 Å². The molecule has 0 unspecified atom stereocenters. The Bertz CT molecular complexity index is 254. The molecule has 0 atom stereocenters. The number of aryl methyl sites for hydroxylation is 1. The highest BCUT2D eigenvalue weighted by molar-refractivity contribution is 7.14. The van der Waals surface area contributed by atoms with Gasteiger partial charge in [-0.3, -0.25) is 4.79 Å². The molecular weight excluding hydrogens is 158 g/mol. The third-order valence-corrected chi connectivity index (χ3v) is 2.39. The molecular formula is C8H11NOS. The standard InChI is InChI=1S/C8H11NOS/c1-6-3-4-8(11-6)7(10)5-9-2/h3-4,9H,5H2,1-2H3. The van der Waals surface area contributed by atoms with E-state index in [0.29, 0.717) is 6.54 Å². The number of ketones is 1. The third kappa shape index (κ3) is 2.13. The van der Waals surface area contributed by atoms with E-state index in [1.54, 1.807) is 18.4 Å². The van der Waals surface area contributed by atoms with E-state index in [0.717, 1.165) is 4.88 Å². The minimum absolute atomic E-state index is 0.172. The Balaban J connectivity index is 2.69. The van der Waals surface area contributed by atoms with Crippen LogP contribution in [0.4, 0.5) is 0 Å². The average molecular weight is 169 g/mol. The van der Waals surface area contributed by atoms with Crippen LogP contribution in [0.1, 0.15) is 14.5 Å². The minimum Gasteiger partial charge on any atom is -0.313 e. The predicted molar refractivity (Wildman–Crippen MR) is 47.3 cm³/mol. The van der Waals surface area contributed by atoms with Crippen molar-refractivity contribution in [1.82, 2.24) is 5.32 Å². The Labute approximate surface area is 70.2 Å².